The van der Waals surface area contributed by atoms with E-state index in [0.717, 1.165) is 10.6 Å². The number of aromatic nitrogens is 1. The van der Waals surface area contributed by atoms with Crippen molar-refractivity contribution >= 4 is 55.1 Å². The number of rotatable bonds is 13. The van der Waals surface area contributed by atoms with Crippen molar-refractivity contribution in [3.63, 3.8) is 0 Å². The van der Waals surface area contributed by atoms with Gasteiger partial charge in [-0.05, 0) is 59.6 Å². The van der Waals surface area contributed by atoms with Gasteiger partial charge in [0.1, 0.15) is 0 Å². The number of nitrogens with one attached hydrogen (secondary N) is 1. The lowest BCUT2D eigenvalue weighted by Gasteiger charge is -2.09. The van der Waals surface area contributed by atoms with Crippen molar-refractivity contribution in [2.45, 2.75) is 29.6 Å². The molecule has 0 amide bonds. The van der Waals surface area contributed by atoms with Crippen molar-refractivity contribution in [2.75, 3.05) is 31.2 Å². The highest BCUT2D eigenvalue weighted by atomic mass is 79.9. The molecule has 2 rings (SSSR count). The average molecular weight is 552 g/mol. The third-order valence-electron chi connectivity index (χ3n) is 4.08. The Kier molecular flexibility index (Phi) is 10.6. The lowest BCUT2D eigenvalue weighted by atomic mass is 10.1. The van der Waals surface area contributed by atoms with Crippen LogP contribution in [0.2, 0.25) is 5.02 Å². The number of halogens is 2. The normalized spacial score (nSPS) is 11.5. The van der Waals surface area contributed by atoms with Crippen LogP contribution in [0.15, 0.2) is 44.7 Å². The van der Waals surface area contributed by atoms with Gasteiger partial charge in [0, 0.05) is 23.4 Å². The molecule has 7 nitrogen and oxygen atoms in total. The Labute approximate surface area is 200 Å². The maximum atomic E-state index is 12.5. The highest BCUT2D eigenvalue weighted by Crippen LogP contribution is 2.28. The molecule has 0 aliphatic rings. The first kappa shape index (κ1) is 25.9. The van der Waals surface area contributed by atoms with E-state index >= 15 is 0 Å². The minimum atomic E-state index is -3.42. The van der Waals surface area contributed by atoms with Crippen molar-refractivity contribution < 1.29 is 23.1 Å². The van der Waals surface area contributed by atoms with Crippen molar-refractivity contribution in [2.24, 2.45) is 0 Å². The van der Waals surface area contributed by atoms with Crippen LogP contribution in [0.3, 0.4) is 0 Å². The van der Waals surface area contributed by atoms with Gasteiger partial charge in [-0.15, -0.1) is 11.8 Å². The van der Waals surface area contributed by atoms with Crippen LogP contribution < -0.4 is 10.1 Å². The molecule has 0 fully saturated rings. The van der Waals surface area contributed by atoms with E-state index in [1.54, 1.807) is 23.9 Å². The second-order valence-electron chi connectivity index (χ2n) is 6.50. The monoisotopic (exact) mass is 550 g/mol. The number of hydrogen-bond acceptors (Lipinski definition) is 7. The zero-order chi connectivity index (χ0) is 22.9. The molecule has 0 saturated heterocycles. The Hall–Kier alpha value is -1.33. The number of sulfone groups is 1. The van der Waals surface area contributed by atoms with E-state index in [-0.39, 0.29) is 17.1 Å². The fraction of sp³-hybridized carbons (Fsp3) is 0.400. The second kappa shape index (κ2) is 12.6. The third kappa shape index (κ3) is 8.61. The molecule has 0 atom stereocenters. The van der Waals surface area contributed by atoms with Crippen LogP contribution in [-0.4, -0.2) is 55.7 Å². The molecular weight excluding hydrogens is 528 g/mol. The molecule has 0 radical (unpaired) electrons. The van der Waals surface area contributed by atoms with Gasteiger partial charge in [0.25, 0.3) is 0 Å². The van der Waals surface area contributed by atoms with Gasteiger partial charge in [-0.3, -0.25) is 4.79 Å². The first-order chi connectivity index (χ1) is 14.7. The summed E-state index contributed by atoms with van der Waals surface area (Å²) in [6.07, 6.45) is 1.74. The largest absolute Gasteiger partial charge is 0.481 e. The van der Waals surface area contributed by atoms with Gasteiger partial charge in [-0.2, -0.15) is 0 Å². The summed E-state index contributed by atoms with van der Waals surface area (Å²) < 4.78 is 30.8. The zero-order valence-corrected chi connectivity index (χ0v) is 20.9. The molecule has 1 aromatic carbocycles. The Morgan fingerprint density at radius 2 is 2.10 bits per heavy atom. The Bertz CT molecular complexity index is 1010. The number of benzene rings is 1. The number of ether oxygens (including phenoxy) is 1. The van der Waals surface area contributed by atoms with Gasteiger partial charge in [0.2, 0.25) is 5.88 Å². The molecule has 0 bridgehead atoms. The van der Waals surface area contributed by atoms with Crippen LogP contribution in [-0.2, 0) is 21.1 Å². The summed E-state index contributed by atoms with van der Waals surface area (Å²) in [5.41, 5.74) is 0.663. The number of hydrogen-bond donors (Lipinski definition) is 2. The summed E-state index contributed by atoms with van der Waals surface area (Å²) >= 11 is 11.0. The second-order valence-corrected chi connectivity index (χ2v) is 11.0. The van der Waals surface area contributed by atoms with Crippen molar-refractivity contribution in [3.8, 4) is 5.88 Å². The van der Waals surface area contributed by atoms with E-state index in [2.05, 4.69) is 26.2 Å². The number of nitrogens with zero attached hydrogens (tertiary/aromatic N) is 1. The first-order valence-electron chi connectivity index (χ1n) is 9.57. The summed E-state index contributed by atoms with van der Waals surface area (Å²) in [4.78, 5) is 15.9. The Morgan fingerprint density at radius 3 is 2.74 bits per heavy atom. The minimum absolute atomic E-state index is 0.0200. The van der Waals surface area contributed by atoms with E-state index in [1.165, 1.54) is 12.3 Å². The lowest BCUT2D eigenvalue weighted by molar-refractivity contribution is -0.136. The van der Waals surface area contributed by atoms with E-state index in [0.29, 0.717) is 47.1 Å². The molecule has 0 spiro atoms. The Balaban J connectivity index is 1.71. The molecule has 11 heteroatoms. The molecule has 1 aromatic heterocycles. The van der Waals surface area contributed by atoms with Crippen LogP contribution in [0.4, 0.5) is 0 Å². The smallest absolute Gasteiger partial charge is 0.307 e. The first-order valence-corrected chi connectivity index (χ1v) is 13.4. The van der Waals surface area contributed by atoms with Gasteiger partial charge in [0.15, 0.2) is 9.84 Å². The summed E-state index contributed by atoms with van der Waals surface area (Å²) in [6, 6.07) is 6.77. The molecule has 2 aromatic rings. The van der Waals surface area contributed by atoms with Gasteiger partial charge in [-0.1, -0.05) is 17.7 Å². The quantitative estimate of drug-likeness (QED) is 0.284. The molecule has 31 heavy (non-hydrogen) atoms. The van der Waals surface area contributed by atoms with Crippen LogP contribution in [0.5, 0.6) is 5.88 Å². The lowest BCUT2D eigenvalue weighted by Crippen LogP contribution is -2.21. The SMILES string of the molecule is CCOc1ncc(S(=O)(=O)CCCNCCSc2ccc(CC(=O)O)cc2Cl)cc1Br. The van der Waals surface area contributed by atoms with Gasteiger partial charge in [-0.25, -0.2) is 13.4 Å². The van der Waals surface area contributed by atoms with Crippen LogP contribution in [0.1, 0.15) is 18.9 Å². The summed E-state index contributed by atoms with van der Waals surface area (Å²) in [5, 5.41) is 12.6. The standard InChI is InChI=1S/C20H24BrClN2O5S2/c1-2-29-20-16(21)12-15(13-24-20)31(27,28)9-3-6-23-7-8-30-18-5-4-14(10-17(18)22)11-19(25)26/h4-5,10,12-13,23H,2-3,6-9,11H2,1H3,(H,25,26). The number of carboxylic acid groups (broad SMARTS) is 1. The predicted molar refractivity (Wildman–Crippen MR) is 126 cm³/mol. The highest BCUT2D eigenvalue weighted by Gasteiger charge is 2.17. The number of thioether (sulfide) groups is 1. The van der Waals surface area contributed by atoms with E-state index in [1.807, 2.05) is 13.0 Å². The number of pyridine rings is 1. The van der Waals surface area contributed by atoms with Crippen LogP contribution >= 0.6 is 39.3 Å². The topological polar surface area (TPSA) is 106 Å². The number of carboxylic acids is 1. The summed E-state index contributed by atoms with van der Waals surface area (Å²) in [5.74, 6) is 0.249. The molecule has 0 aliphatic heterocycles. The fourth-order valence-corrected chi connectivity index (χ4v) is 5.71. The van der Waals surface area contributed by atoms with Gasteiger partial charge in [0.05, 0.1) is 33.2 Å². The molecule has 0 unspecified atom stereocenters. The van der Waals surface area contributed by atoms with Gasteiger partial charge >= 0.3 is 5.97 Å². The molecule has 0 aliphatic carbocycles. The predicted octanol–water partition coefficient (Wildman–Crippen LogP) is 4.07. The molecule has 1 heterocycles. The molecule has 170 valence electrons. The van der Waals surface area contributed by atoms with Crippen molar-refractivity contribution in [3.05, 3.63) is 45.5 Å². The van der Waals surface area contributed by atoms with E-state index < -0.39 is 15.8 Å². The van der Waals surface area contributed by atoms with E-state index in [9.17, 15) is 13.2 Å². The van der Waals surface area contributed by atoms with E-state index in [4.69, 9.17) is 21.4 Å². The van der Waals surface area contributed by atoms with Crippen molar-refractivity contribution in [1.82, 2.24) is 10.3 Å². The zero-order valence-electron chi connectivity index (χ0n) is 16.9. The van der Waals surface area contributed by atoms with Crippen molar-refractivity contribution in [1.29, 1.82) is 0 Å². The minimum Gasteiger partial charge on any atom is -0.481 e. The fourth-order valence-electron chi connectivity index (χ4n) is 2.63. The maximum absolute atomic E-state index is 12.5. The summed E-state index contributed by atoms with van der Waals surface area (Å²) in [7, 11) is -3.42. The van der Waals surface area contributed by atoms with Crippen LogP contribution in [0, 0.1) is 0 Å². The van der Waals surface area contributed by atoms with Gasteiger partial charge < -0.3 is 15.2 Å². The summed E-state index contributed by atoms with van der Waals surface area (Å²) in [6.45, 7) is 3.53. The number of aliphatic carboxylic acids is 1. The molecule has 0 saturated carbocycles. The average Bonchev–Trinajstić information content (AvgIpc) is 2.69. The molecule has 2 N–H and O–H groups in total. The Morgan fingerprint density at radius 1 is 1.32 bits per heavy atom. The van der Waals surface area contributed by atoms with Crippen LogP contribution in [0.25, 0.3) is 0 Å². The maximum Gasteiger partial charge on any atom is 0.307 e. The highest BCUT2D eigenvalue weighted by molar-refractivity contribution is 9.10. The molecular formula is C20H24BrClN2O5S2. The number of carbonyl (C=O) groups is 1. The third-order valence-corrected chi connectivity index (χ3v) is 7.91.